The fraction of sp³-hybridized carbons (Fsp3) is 0.556. The van der Waals surface area contributed by atoms with E-state index >= 15 is 0 Å². The number of rotatable bonds is 4. The first-order chi connectivity index (χ1) is 11.1. The van der Waals surface area contributed by atoms with Crippen molar-refractivity contribution in [3.63, 3.8) is 0 Å². The summed E-state index contributed by atoms with van der Waals surface area (Å²) < 4.78 is 13.0. The van der Waals surface area contributed by atoms with Gasteiger partial charge in [0.2, 0.25) is 5.91 Å². The molecule has 5 heteroatoms. The van der Waals surface area contributed by atoms with Crippen molar-refractivity contribution in [2.45, 2.75) is 50.5 Å². The van der Waals surface area contributed by atoms with Crippen LogP contribution in [0, 0.1) is 17.7 Å². The number of carbonyl (C=O) groups excluding carboxylic acids is 1. The molecule has 4 nitrogen and oxygen atoms in total. The molecule has 3 rings (SSSR count). The lowest BCUT2D eigenvalue weighted by molar-refractivity contribution is -0.144. The molecule has 0 bridgehead atoms. The molecule has 1 aromatic rings. The van der Waals surface area contributed by atoms with Gasteiger partial charge in [0.15, 0.2) is 0 Å². The lowest BCUT2D eigenvalue weighted by Crippen LogP contribution is -2.49. The van der Waals surface area contributed by atoms with E-state index in [0.29, 0.717) is 6.42 Å². The average Bonchev–Trinajstić information content (AvgIpc) is 2.48. The van der Waals surface area contributed by atoms with Crippen molar-refractivity contribution >= 4 is 11.9 Å². The predicted molar refractivity (Wildman–Crippen MR) is 83.4 cm³/mol. The predicted octanol–water partition coefficient (Wildman–Crippen LogP) is 3.08. The summed E-state index contributed by atoms with van der Waals surface area (Å²) in [5.41, 5.74) is 0.983. The second-order valence-corrected chi connectivity index (χ2v) is 6.69. The quantitative estimate of drug-likeness (QED) is 0.896. The van der Waals surface area contributed by atoms with Gasteiger partial charge in [0.05, 0.1) is 5.92 Å². The SMILES string of the molecule is O=C(N[C@H]1CCCC[C@H]1C(=O)O)C1CCC1c1ccc(F)cc1. The Balaban J connectivity index is 1.63. The fourth-order valence-corrected chi connectivity index (χ4v) is 3.81. The van der Waals surface area contributed by atoms with E-state index in [0.717, 1.165) is 37.7 Å². The van der Waals surface area contributed by atoms with Crippen LogP contribution in [0.3, 0.4) is 0 Å². The van der Waals surface area contributed by atoms with E-state index in [1.165, 1.54) is 12.1 Å². The van der Waals surface area contributed by atoms with E-state index in [4.69, 9.17) is 0 Å². The molecule has 0 aliphatic heterocycles. The first-order valence-corrected chi connectivity index (χ1v) is 8.35. The molecular formula is C18H22FNO3. The van der Waals surface area contributed by atoms with Gasteiger partial charge < -0.3 is 10.4 Å². The summed E-state index contributed by atoms with van der Waals surface area (Å²) in [6.07, 6.45) is 4.95. The summed E-state index contributed by atoms with van der Waals surface area (Å²) in [6, 6.07) is 6.05. The van der Waals surface area contributed by atoms with E-state index < -0.39 is 11.9 Å². The Morgan fingerprint density at radius 2 is 1.70 bits per heavy atom. The number of hydrogen-bond acceptors (Lipinski definition) is 2. The van der Waals surface area contributed by atoms with Crippen LogP contribution >= 0.6 is 0 Å². The molecule has 4 atom stereocenters. The summed E-state index contributed by atoms with van der Waals surface area (Å²) in [4.78, 5) is 23.9. The molecule has 0 radical (unpaired) electrons. The number of carbonyl (C=O) groups is 2. The van der Waals surface area contributed by atoms with E-state index in [-0.39, 0.29) is 29.6 Å². The molecule has 2 aliphatic rings. The molecule has 124 valence electrons. The largest absolute Gasteiger partial charge is 0.481 e. The molecule has 2 N–H and O–H groups in total. The van der Waals surface area contributed by atoms with Crippen molar-refractivity contribution in [2.75, 3.05) is 0 Å². The van der Waals surface area contributed by atoms with Gasteiger partial charge in [0, 0.05) is 12.0 Å². The van der Waals surface area contributed by atoms with Gasteiger partial charge in [-0.15, -0.1) is 0 Å². The van der Waals surface area contributed by atoms with Gasteiger partial charge in [-0.25, -0.2) is 4.39 Å². The topological polar surface area (TPSA) is 66.4 Å². The third-order valence-corrected chi connectivity index (χ3v) is 5.32. The van der Waals surface area contributed by atoms with E-state index in [1.807, 2.05) is 0 Å². The minimum absolute atomic E-state index is 0.0521. The minimum Gasteiger partial charge on any atom is -0.481 e. The third-order valence-electron chi connectivity index (χ3n) is 5.32. The lowest BCUT2D eigenvalue weighted by atomic mass is 9.69. The first kappa shape index (κ1) is 16.0. The summed E-state index contributed by atoms with van der Waals surface area (Å²) in [7, 11) is 0. The molecule has 2 unspecified atom stereocenters. The first-order valence-electron chi connectivity index (χ1n) is 8.35. The van der Waals surface area contributed by atoms with Crippen molar-refractivity contribution in [1.82, 2.24) is 5.32 Å². The van der Waals surface area contributed by atoms with Gasteiger partial charge in [0.1, 0.15) is 5.82 Å². The van der Waals surface area contributed by atoms with Crippen LogP contribution in [-0.4, -0.2) is 23.0 Å². The van der Waals surface area contributed by atoms with Crippen LogP contribution in [0.4, 0.5) is 4.39 Å². The van der Waals surface area contributed by atoms with Gasteiger partial charge >= 0.3 is 5.97 Å². The molecule has 2 aliphatic carbocycles. The number of benzene rings is 1. The number of hydrogen-bond donors (Lipinski definition) is 2. The van der Waals surface area contributed by atoms with Crippen molar-refractivity contribution in [1.29, 1.82) is 0 Å². The van der Waals surface area contributed by atoms with Crippen LogP contribution in [0.15, 0.2) is 24.3 Å². The van der Waals surface area contributed by atoms with Crippen LogP contribution in [0.25, 0.3) is 0 Å². The zero-order chi connectivity index (χ0) is 16.4. The minimum atomic E-state index is -0.821. The second-order valence-electron chi connectivity index (χ2n) is 6.69. The second kappa shape index (κ2) is 6.69. The molecule has 0 saturated heterocycles. The van der Waals surface area contributed by atoms with Gasteiger partial charge in [-0.05, 0) is 49.3 Å². The van der Waals surface area contributed by atoms with Gasteiger partial charge in [-0.3, -0.25) is 9.59 Å². The summed E-state index contributed by atoms with van der Waals surface area (Å²) in [5, 5.41) is 12.3. The van der Waals surface area contributed by atoms with Gasteiger partial charge in [0.25, 0.3) is 0 Å². The Morgan fingerprint density at radius 1 is 1.00 bits per heavy atom. The van der Waals surface area contributed by atoms with Crippen LogP contribution < -0.4 is 5.32 Å². The number of amides is 1. The van der Waals surface area contributed by atoms with Crippen molar-refractivity contribution < 1.29 is 19.1 Å². The average molecular weight is 319 g/mol. The van der Waals surface area contributed by atoms with Gasteiger partial charge in [-0.2, -0.15) is 0 Å². The maximum Gasteiger partial charge on any atom is 0.308 e. The molecule has 2 fully saturated rings. The normalized spacial score (nSPS) is 30.3. The number of nitrogens with one attached hydrogen (secondary N) is 1. The summed E-state index contributed by atoms with van der Waals surface area (Å²) in [5.74, 6) is -1.64. The highest BCUT2D eigenvalue weighted by molar-refractivity contribution is 5.82. The molecular weight excluding hydrogens is 297 g/mol. The Bertz CT molecular complexity index is 586. The summed E-state index contributed by atoms with van der Waals surface area (Å²) >= 11 is 0. The van der Waals surface area contributed by atoms with Crippen LogP contribution in [0.1, 0.15) is 50.0 Å². The van der Waals surface area contributed by atoms with Crippen LogP contribution in [0.5, 0.6) is 0 Å². The van der Waals surface area contributed by atoms with Crippen molar-refractivity contribution in [2.24, 2.45) is 11.8 Å². The fourth-order valence-electron chi connectivity index (χ4n) is 3.81. The molecule has 0 spiro atoms. The Hall–Kier alpha value is -1.91. The molecule has 2 saturated carbocycles. The van der Waals surface area contributed by atoms with E-state index in [9.17, 15) is 19.1 Å². The van der Waals surface area contributed by atoms with E-state index in [1.54, 1.807) is 12.1 Å². The Kier molecular flexibility index (Phi) is 4.64. The zero-order valence-electron chi connectivity index (χ0n) is 13.0. The number of carboxylic acid groups (broad SMARTS) is 1. The highest BCUT2D eigenvalue weighted by atomic mass is 19.1. The monoisotopic (exact) mass is 319 g/mol. The van der Waals surface area contributed by atoms with Crippen molar-refractivity contribution in [3.05, 3.63) is 35.6 Å². The molecule has 0 heterocycles. The molecule has 1 aromatic carbocycles. The lowest BCUT2D eigenvalue weighted by Gasteiger charge is -2.38. The van der Waals surface area contributed by atoms with Crippen LogP contribution in [0.2, 0.25) is 0 Å². The smallest absolute Gasteiger partial charge is 0.308 e. The Morgan fingerprint density at radius 3 is 2.30 bits per heavy atom. The van der Waals surface area contributed by atoms with Crippen LogP contribution in [-0.2, 0) is 9.59 Å². The highest BCUT2D eigenvalue weighted by Gasteiger charge is 2.40. The zero-order valence-corrected chi connectivity index (χ0v) is 13.0. The standard InChI is InChI=1S/C18H22FNO3/c19-12-7-5-11(6-8-12)13-9-10-14(13)17(21)20-16-4-2-1-3-15(16)18(22)23/h5-8,13-16H,1-4,9-10H2,(H,20,21)(H,22,23)/t13?,14?,15-,16+/m1/s1. The highest BCUT2D eigenvalue weighted by Crippen LogP contribution is 2.43. The summed E-state index contributed by atoms with van der Waals surface area (Å²) in [6.45, 7) is 0. The van der Waals surface area contributed by atoms with E-state index in [2.05, 4.69) is 5.32 Å². The molecule has 0 aromatic heterocycles. The number of aliphatic carboxylic acids is 1. The number of halogens is 1. The molecule has 1 amide bonds. The maximum atomic E-state index is 13.0. The Labute approximate surface area is 135 Å². The number of carboxylic acids is 1. The molecule has 23 heavy (non-hydrogen) atoms. The third kappa shape index (κ3) is 3.38. The maximum absolute atomic E-state index is 13.0. The van der Waals surface area contributed by atoms with Crippen molar-refractivity contribution in [3.8, 4) is 0 Å². The van der Waals surface area contributed by atoms with Gasteiger partial charge in [-0.1, -0.05) is 25.0 Å².